The molecule has 78 valence electrons. The van der Waals surface area contributed by atoms with Gasteiger partial charge in [0.2, 0.25) is 0 Å². The third kappa shape index (κ3) is 1.45. The largest absolute Gasteiger partial charge is 0.225 e. The highest BCUT2D eigenvalue weighted by Crippen LogP contribution is 2.39. The molecule has 1 atom stereocenters. The summed E-state index contributed by atoms with van der Waals surface area (Å²) in [6.07, 6.45) is 5.14. The molecule has 0 aromatic carbocycles. The Kier molecular flexibility index (Phi) is 2.18. The first-order valence-electron chi connectivity index (χ1n) is 5.16. The number of aryl methyl sites for hydroxylation is 1. The van der Waals surface area contributed by atoms with Gasteiger partial charge in [0.1, 0.15) is 16.3 Å². The van der Waals surface area contributed by atoms with Gasteiger partial charge in [-0.3, -0.25) is 0 Å². The van der Waals surface area contributed by atoms with Crippen LogP contribution < -0.4 is 0 Å². The number of halogens is 1. The summed E-state index contributed by atoms with van der Waals surface area (Å²) in [7, 11) is 0. The lowest BCUT2D eigenvalue weighted by Gasteiger charge is -2.17. The van der Waals surface area contributed by atoms with Crippen LogP contribution in [0.3, 0.4) is 0 Å². The normalized spacial score (nSPS) is 20.5. The van der Waals surface area contributed by atoms with E-state index in [1.807, 2.05) is 0 Å². The average Bonchev–Trinajstić information content (AvgIpc) is 2.57. The molecule has 2 aromatic rings. The van der Waals surface area contributed by atoms with Gasteiger partial charge in [-0.1, -0.05) is 18.5 Å². The maximum Gasteiger partial charge on any atom is 0.141 e. The number of hydrogen-bond acceptors (Lipinski definition) is 3. The van der Waals surface area contributed by atoms with Crippen LogP contribution in [0.4, 0.5) is 0 Å². The number of thiophene rings is 1. The first kappa shape index (κ1) is 9.55. The van der Waals surface area contributed by atoms with Crippen LogP contribution in [0, 0.1) is 5.92 Å². The zero-order valence-electron chi connectivity index (χ0n) is 8.46. The van der Waals surface area contributed by atoms with Crippen LogP contribution in [0.2, 0.25) is 5.15 Å². The fourth-order valence-electron chi connectivity index (χ4n) is 2.24. The minimum absolute atomic E-state index is 0.617. The zero-order valence-corrected chi connectivity index (χ0v) is 10.0. The maximum atomic E-state index is 6.14. The van der Waals surface area contributed by atoms with Gasteiger partial charge in [-0.25, -0.2) is 9.97 Å². The highest BCUT2D eigenvalue weighted by atomic mass is 35.5. The molecule has 1 aliphatic carbocycles. The van der Waals surface area contributed by atoms with Gasteiger partial charge < -0.3 is 0 Å². The Morgan fingerprint density at radius 2 is 2.33 bits per heavy atom. The third-order valence-electron chi connectivity index (χ3n) is 3.04. The fraction of sp³-hybridized carbons (Fsp3) is 0.455. The van der Waals surface area contributed by atoms with Crippen LogP contribution in [-0.4, -0.2) is 9.97 Å². The van der Waals surface area contributed by atoms with Crippen molar-refractivity contribution in [3.63, 3.8) is 0 Å². The molecule has 0 spiro atoms. The molecule has 0 radical (unpaired) electrons. The van der Waals surface area contributed by atoms with Gasteiger partial charge in [0.25, 0.3) is 0 Å². The molecule has 15 heavy (non-hydrogen) atoms. The van der Waals surface area contributed by atoms with Gasteiger partial charge in [0.15, 0.2) is 0 Å². The molecule has 0 saturated carbocycles. The Hall–Kier alpha value is -0.670. The van der Waals surface area contributed by atoms with Gasteiger partial charge in [0.05, 0.1) is 5.39 Å². The standard InChI is InChI=1S/C11H11ClN2S/c1-6-2-3-8-7(4-6)9-10(12)13-5-14-11(9)15-8/h5-6H,2-4H2,1H3/t6-/m0/s1. The van der Waals surface area contributed by atoms with Crippen LogP contribution in [0.15, 0.2) is 6.33 Å². The van der Waals surface area contributed by atoms with Crippen LogP contribution >= 0.6 is 22.9 Å². The minimum Gasteiger partial charge on any atom is -0.225 e. The van der Waals surface area contributed by atoms with Gasteiger partial charge >= 0.3 is 0 Å². The summed E-state index contributed by atoms with van der Waals surface area (Å²) in [4.78, 5) is 10.9. The molecule has 1 aliphatic rings. The van der Waals surface area contributed by atoms with Crippen molar-refractivity contribution in [2.75, 3.05) is 0 Å². The number of rotatable bonds is 0. The van der Waals surface area contributed by atoms with Crippen molar-refractivity contribution < 1.29 is 0 Å². The van der Waals surface area contributed by atoms with Crippen molar-refractivity contribution in [2.45, 2.75) is 26.2 Å². The van der Waals surface area contributed by atoms with Crippen molar-refractivity contribution in [1.82, 2.24) is 9.97 Å². The lowest BCUT2D eigenvalue weighted by Crippen LogP contribution is -2.08. The summed E-state index contributed by atoms with van der Waals surface area (Å²) >= 11 is 7.92. The average molecular weight is 239 g/mol. The van der Waals surface area contributed by atoms with Crippen molar-refractivity contribution in [2.24, 2.45) is 5.92 Å². The smallest absolute Gasteiger partial charge is 0.141 e. The summed E-state index contributed by atoms with van der Waals surface area (Å²) in [6.45, 7) is 2.30. The van der Waals surface area contributed by atoms with E-state index in [1.165, 1.54) is 23.3 Å². The van der Waals surface area contributed by atoms with Crippen molar-refractivity contribution in [3.05, 3.63) is 21.9 Å². The van der Waals surface area contributed by atoms with Crippen molar-refractivity contribution in [3.8, 4) is 0 Å². The Labute approximate surface area is 97.3 Å². The van der Waals surface area contributed by atoms with Crippen LogP contribution in [0.1, 0.15) is 23.8 Å². The highest BCUT2D eigenvalue weighted by molar-refractivity contribution is 7.19. The first-order valence-corrected chi connectivity index (χ1v) is 6.36. The van der Waals surface area contributed by atoms with Gasteiger partial charge in [0, 0.05) is 4.88 Å². The molecule has 2 heterocycles. The SMILES string of the molecule is C[C@H]1CCc2sc3ncnc(Cl)c3c2C1. The first-order chi connectivity index (χ1) is 7.25. The van der Waals surface area contributed by atoms with E-state index in [2.05, 4.69) is 16.9 Å². The Morgan fingerprint density at radius 3 is 3.20 bits per heavy atom. The number of hydrogen-bond donors (Lipinski definition) is 0. The summed E-state index contributed by atoms with van der Waals surface area (Å²) in [5.41, 5.74) is 1.40. The van der Waals surface area contributed by atoms with Crippen LogP contribution in [0.5, 0.6) is 0 Å². The second kappa shape index (κ2) is 3.42. The van der Waals surface area contributed by atoms with Crippen molar-refractivity contribution >= 4 is 33.2 Å². The Balaban J connectivity index is 2.30. The quantitative estimate of drug-likeness (QED) is 0.657. The summed E-state index contributed by atoms with van der Waals surface area (Å²) in [6, 6.07) is 0. The molecular formula is C11H11ClN2S. The summed E-state index contributed by atoms with van der Waals surface area (Å²) < 4.78 is 0. The molecule has 2 aromatic heterocycles. The van der Waals surface area contributed by atoms with E-state index in [-0.39, 0.29) is 0 Å². The molecular weight excluding hydrogens is 228 g/mol. The topological polar surface area (TPSA) is 25.8 Å². The van der Waals surface area contributed by atoms with Crippen LogP contribution in [0.25, 0.3) is 10.2 Å². The summed E-state index contributed by atoms with van der Waals surface area (Å²) in [5.74, 6) is 0.756. The van der Waals surface area contributed by atoms with E-state index in [9.17, 15) is 0 Å². The predicted molar refractivity (Wildman–Crippen MR) is 63.6 cm³/mol. The minimum atomic E-state index is 0.617. The Morgan fingerprint density at radius 1 is 1.47 bits per heavy atom. The monoisotopic (exact) mass is 238 g/mol. The lowest BCUT2D eigenvalue weighted by molar-refractivity contribution is 0.508. The van der Waals surface area contributed by atoms with Gasteiger partial charge in [-0.2, -0.15) is 0 Å². The van der Waals surface area contributed by atoms with E-state index < -0.39 is 0 Å². The number of nitrogens with zero attached hydrogens (tertiary/aromatic N) is 2. The molecule has 4 heteroatoms. The van der Waals surface area contributed by atoms with E-state index in [4.69, 9.17) is 11.6 Å². The third-order valence-corrected chi connectivity index (χ3v) is 4.53. The second-order valence-electron chi connectivity index (χ2n) is 4.20. The molecule has 0 amide bonds. The predicted octanol–water partition coefficient (Wildman–Crippen LogP) is 3.47. The molecule has 0 bridgehead atoms. The molecule has 0 aliphatic heterocycles. The zero-order chi connectivity index (χ0) is 10.4. The van der Waals surface area contributed by atoms with Gasteiger partial charge in [-0.15, -0.1) is 11.3 Å². The highest BCUT2D eigenvalue weighted by Gasteiger charge is 2.22. The van der Waals surface area contributed by atoms with E-state index in [0.29, 0.717) is 5.15 Å². The number of aromatic nitrogens is 2. The maximum absolute atomic E-state index is 6.14. The second-order valence-corrected chi connectivity index (χ2v) is 5.64. The van der Waals surface area contributed by atoms with Crippen molar-refractivity contribution in [1.29, 1.82) is 0 Å². The summed E-state index contributed by atoms with van der Waals surface area (Å²) in [5, 5.41) is 1.72. The molecule has 0 unspecified atom stereocenters. The van der Waals surface area contributed by atoms with E-state index in [1.54, 1.807) is 17.7 Å². The van der Waals surface area contributed by atoms with E-state index >= 15 is 0 Å². The molecule has 0 saturated heterocycles. The molecule has 2 nitrogen and oxygen atoms in total. The number of fused-ring (bicyclic) bond motifs is 3. The van der Waals surface area contributed by atoms with E-state index in [0.717, 1.165) is 22.6 Å². The van der Waals surface area contributed by atoms with Crippen LogP contribution in [-0.2, 0) is 12.8 Å². The van der Waals surface area contributed by atoms with Gasteiger partial charge in [-0.05, 0) is 30.7 Å². The molecule has 0 fully saturated rings. The molecule has 0 N–H and O–H groups in total. The lowest BCUT2D eigenvalue weighted by atomic mass is 9.89. The molecule has 3 rings (SSSR count). The fourth-order valence-corrected chi connectivity index (χ4v) is 3.73. The Bertz CT molecular complexity index is 521.